The number of fused-ring (bicyclic) bond motifs is 39. The van der Waals surface area contributed by atoms with Crippen molar-refractivity contribution in [3.63, 3.8) is 0 Å². The largest absolute Gasteiger partial charge is 0.236 e. The van der Waals surface area contributed by atoms with E-state index in [1.807, 2.05) is 0 Å². The molecule has 0 fully saturated rings. The number of hydrogen-bond acceptors (Lipinski definition) is 6. The molecule has 0 bridgehead atoms. The molecule has 0 saturated carbocycles. The van der Waals surface area contributed by atoms with E-state index in [0.717, 1.165) is 42.7 Å². The fourth-order valence-corrected chi connectivity index (χ4v) is 28.1. The summed E-state index contributed by atoms with van der Waals surface area (Å²) in [4.78, 5) is 15.2. The van der Waals surface area contributed by atoms with Crippen LogP contribution in [-0.2, 0) is 10.8 Å². The lowest BCUT2D eigenvalue weighted by Gasteiger charge is -2.31. The van der Waals surface area contributed by atoms with E-state index >= 15 is 0 Å². The first-order valence-electron chi connectivity index (χ1n) is 49.1. The molecule has 2 spiro atoms. The molecule has 0 N–H and O–H groups in total. The Labute approximate surface area is 837 Å². The average Bonchev–Trinajstić information content (AvgIpc) is 1.51. The lowest BCUT2D eigenvalue weighted by atomic mass is 9.69. The van der Waals surface area contributed by atoms with E-state index in [-0.39, 0.29) is 0 Å². The Morgan fingerprint density at radius 1 is 0.147 bits per heavy atom. The van der Waals surface area contributed by atoms with Gasteiger partial charge in [0.2, 0.25) is 0 Å². The Morgan fingerprint density at radius 2 is 0.462 bits per heavy atom. The number of thiazole rings is 3. The second-order valence-corrected chi connectivity index (χ2v) is 41.5. The maximum absolute atomic E-state index is 5.10. The zero-order valence-electron chi connectivity index (χ0n) is 77.3. The molecule has 0 atom stereocenters. The van der Waals surface area contributed by atoms with Crippen molar-refractivity contribution in [2.45, 2.75) is 10.8 Å². The smallest absolute Gasteiger partial charge is 0.124 e. The molecule has 662 valence electrons. The van der Waals surface area contributed by atoms with E-state index in [1.165, 1.54) is 250 Å². The number of hydrogen-bond donors (Lipinski definition) is 0. The van der Waals surface area contributed by atoms with Crippen LogP contribution in [0.2, 0.25) is 0 Å². The van der Waals surface area contributed by atoms with E-state index in [2.05, 4.69) is 491 Å². The van der Waals surface area contributed by atoms with Crippen molar-refractivity contribution in [2.75, 3.05) is 0 Å². The predicted molar refractivity (Wildman–Crippen MR) is 607 cm³/mol. The molecule has 0 unspecified atom stereocenters. The van der Waals surface area contributed by atoms with Gasteiger partial charge in [0.15, 0.2) is 0 Å². The first-order valence-corrected chi connectivity index (χ1v) is 51.6. The molecule has 32 rings (SSSR count). The summed E-state index contributed by atoms with van der Waals surface area (Å²) in [6.45, 7) is 0. The minimum atomic E-state index is -0.416. The molecular weight excluding hydrogens is 1780 g/mol. The second-order valence-electron chi connectivity index (χ2n) is 38.5. The fourth-order valence-electron chi connectivity index (χ4n) is 24.7. The molecule has 3 heterocycles. The Morgan fingerprint density at radius 3 is 0.993 bits per heavy atom. The maximum atomic E-state index is 5.10. The minimum Gasteiger partial charge on any atom is -0.236 e. The summed E-state index contributed by atoms with van der Waals surface area (Å²) in [6, 6.07) is 181. The highest BCUT2D eigenvalue weighted by atomic mass is 32.1. The van der Waals surface area contributed by atoms with Gasteiger partial charge < -0.3 is 0 Å². The quantitative estimate of drug-likeness (QED) is 0.149. The van der Waals surface area contributed by atoms with Gasteiger partial charge in [0.05, 0.1) is 41.5 Å². The average molecular weight is 1870 g/mol. The van der Waals surface area contributed by atoms with Crippen LogP contribution in [0.25, 0.3) is 248 Å². The Balaban J connectivity index is 0.000000101. The van der Waals surface area contributed by atoms with Crippen LogP contribution in [0.1, 0.15) is 44.5 Å². The molecule has 3 aromatic heterocycles. The molecule has 6 heteroatoms. The third-order valence-electron chi connectivity index (χ3n) is 31.0. The van der Waals surface area contributed by atoms with Gasteiger partial charge in [-0.1, -0.05) is 425 Å². The normalized spacial score (nSPS) is 13.0. The Kier molecular flexibility index (Phi) is 18.3. The van der Waals surface area contributed by atoms with Crippen LogP contribution in [0.15, 0.2) is 491 Å². The molecule has 0 radical (unpaired) electrons. The molecule has 0 aliphatic heterocycles. The van der Waals surface area contributed by atoms with Gasteiger partial charge in [0.1, 0.15) is 15.0 Å². The topological polar surface area (TPSA) is 38.7 Å². The highest BCUT2D eigenvalue weighted by Gasteiger charge is 2.54. The monoisotopic (exact) mass is 1860 g/mol. The maximum Gasteiger partial charge on any atom is 0.124 e. The molecule has 0 amide bonds. The summed E-state index contributed by atoms with van der Waals surface area (Å²) in [7, 11) is 0. The molecule has 25 aromatic carbocycles. The molecule has 3 nitrogen and oxygen atoms in total. The molecular formula is C137H81N3S3. The third kappa shape index (κ3) is 12.4. The van der Waals surface area contributed by atoms with Gasteiger partial charge in [-0.15, -0.1) is 34.0 Å². The van der Waals surface area contributed by atoms with Crippen LogP contribution >= 0.6 is 34.0 Å². The fraction of sp³-hybridized carbons (Fsp3) is 0.0146. The number of rotatable bonds is 7. The third-order valence-corrected chi connectivity index (χ3v) is 34.4. The van der Waals surface area contributed by atoms with Gasteiger partial charge >= 0.3 is 0 Å². The van der Waals surface area contributed by atoms with Gasteiger partial charge in [-0.3, -0.25) is 0 Å². The summed E-state index contributed by atoms with van der Waals surface area (Å²) in [5, 5.41) is 26.0. The van der Waals surface area contributed by atoms with Crippen molar-refractivity contribution in [1.82, 2.24) is 15.0 Å². The van der Waals surface area contributed by atoms with Crippen molar-refractivity contribution in [1.29, 1.82) is 0 Å². The SMILES string of the molecule is c1ccc(-c2nc3ccc4ccc5cc(-c6cccc(-c7cccc8ccccc78)c6)ccc5c4c3s2)cc1.c1ccc(-c2nc3ccc4ccc5ccc(-c6ccc7c(c6)C6(c8ccccc8-c8ccccc86)c6c-7ccc7ccccc67)cc5c4c3s2)cc1.c1ccc(-c2nc3ccc4ccc5ccc(-c6ccc7c(c6)C6(c8ccccc8-c8ccccc86)c6cc8ccccc8cc6-7)cc5c4c3s2)cc1. The van der Waals surface area contributed by atoms with Crippen LogP contribution in [0, 0.1) is 0 Å². The van der Waals surface area contributed by atoms with Crippen LogP contribution in [0.5, 0.6) is 0 Å². The van der Waals surface area contributed by atoms with Crippen molar-refractivity contribution < 1.29 is 0 Å². The zero-order chi connectivity index (χ0) is 93.7. The van der Waals surface area contributed by atoms with Crippen molar-refractivity contribution in [3.05, 3.63) is 536 Å². The molecule has 0 saturated heterocycles. The second kappa shape index (κ2) is 32.0. The lowest BCUT2D eigenvalue weighted by Crippen LogP contribution is -2.26. The summed E-state index contributed by atoms with van der Waals surface area (Å²) in [5.41, 5.74) is 37.3. The van der Waals surface area contributed by atoms with Crippen molar-refractivity contribution >= 4 is 162 Å². The lowest BCUT2D eigenvalue weighted by molar-refractivity contribution is 0.795. The van der Waals surface area contributed by atoms with E-state index in [4.69, 9.17) is 15.0 Å². The first-order chi connectivity index (χ1) is 70.8. The summed E-state index contributed by atoms with van der Waals surface area (Å²) in [6.07, 6.45) is 0. The van der Waals surface area contributed by atoms with E-state index in [0.29, 0.717) is 0 Å². The van der Waals surface area contributed by atoms with Crippen molar-refractivity contribution in [2.24, 2.45) is 0 Å². The van der Waals surface area contributed by atoms with Crippen LogP contribution in [0.3, 0.4) is 0 Å². The summed E-state index contributed by atoms with van der Waals surface area (Å²) in [5.74, 6) is 0. The zero-order valence-corrected chi connectivity index (χ0v) is 79.8. The highest BCUT2D eigenvalue weighted by molar-refractivity contribution is 7.23. The Hall–Kier alpha value is -17.5. The van der Waals surface area contributed by atoms with Crippen LogP contribution in [-0.4, -0.2) is 15.0 Å². The van der Waals surface area contributed by atoms with Gasteiger partial charge in [-0.2, -0.15) is 0 Å². The van der Waals surface area contributed by atoms with Gasteiger partial charge in [0, 0.05) is 32.8 Å². The van der Waals surface area contributed by atoms with E-state index in [9.17, 15) is 0 Å². The van der Waals surface area contributed by atoms with E-state index < -0.39 is 10.8 Å². The van der Waals surface area contributed by atoms with Gasteiger partial charge in [-0.25, -0.2) is 15.0 Å². The van der Waals surface area contributed by atoms with Crippen LogP contribution in [0.4, 0.5) is 0 Å². The summed E-state index contributed by atoms with van der Waals surface area (Å²) >= 11 is 5.37. The molecule has 4 aliphatic carbocycles. The van der Waals surface area contributed by atoms with Crippen molar-refractivity contribution in [3.8, 4) is 121 Å². The summed E-state index contributed by atoms with van der Waals surface area (Å²) < 4.78 is 3.74. The molecule has 4 aliphatic rings. The number of aromatic nitrogens is 3. The minimum absolute atomic E-state index is 0.399. The Bertz CT molecular complexity index is 10200. The van der Waals surface area contributed by atoms with Crippen LogP contribution < -0.4 is 0 Å². The number of nitrogens with zero attached hydrogens (tertiary/aromatic N) is 3. The first kappa shape index (κ1) is 81.5. The predicted octanol–water partition coefficient (Wildman–Crippen LogP) is 37.6. The number of benzene rings is 25. The highest BCUT2D eigenvalue weighted by Crippen LogP contribution is 2.67. The molecule has 28 aromatic rings. The molecule has 143 heavy (non-hydrogen) atoms. The van der Waals surface area contributed by atoms with E-state index in [1.54, 1.807) is 34.0 Å². The van der Waals surface area contributed by atoms with Gasteiger partial charge in [-0.05, 0) is 281 Å². The van der Waals surface area contributed by atoms with Gasteiger partial charge in [0.25, 0.3) is 0 Å². The standard InChI is InChI=1S/2C50H29NS.C37H23NS/c1-2-11-33(12-3-1)49-51-45-27-24-32-20-18-31-19-21-34(28-41(31)46(32)48(45)52-49)35-23-25-39-40-26-22-30-10-4-5-13-36(30)47(40)50(44(39)29-35)42-16-8-6-14-37(42)38-15-7-9-17-43(38)50;1-2-10-32(11-3-1)49-51-46-25-23-31-20-18-30-19-21-35(26-40(30)47(31)48(46)52-49)36-22-24-39-41-27-33-12-4-5-13-34(33)28-45(41)50(44(39)29-36)42-16-8-6-14-37(42)38-15-7-9-17-43(38)50;1-2-9-26(10-3-1)37-38-34-21-19-25-16-17-30-23-28(18-20-33(30)35(25)36(34)39-37)27-12-6-13-29(22-27)32-15-7-11-24-8-4-5-14-31(24)32/h2*1-29H;1-23H.